The van der Waals surface area contributed by atoms with Crippen LogP contribution in [0.1, 0.15) is 12.0 Å². The summed E-state index contributed by atoms with van der Waals surface area (Å²) in [4.78, 5) is 11.7. The van der Waals surface area contributed by atoms with Crippen LogP contribution in [0, 0.1) is 11.7 Å². The molecule has 1 aromatic carbocycles. The van der Waals surface area contributed by atoms with E-state index in [0.717, 1.165) is 19.5 Å². The molecule has 16 heavy (non-hydrogen) atoms. The zero-order chi connectivity index (χ0) is 11.4. The summed E-state index contributed by atoms with van der Waals surface area (Å²) in [6, 6.07) is 6.49. The summed E-state index contributed by atoms with van der Waals surface area (Å²) in [6.07, 6.45) is 0.864. The van der Waals surface area contributed by atoms with Crippen molar-refractivity contribution in [1.82, 2.24) is 10.6 Å². The van der Waals surface area contributed by atoms with Crippen molar-refractivity contribution >= 4 is 5.91 Å². The van der Waals surface area contributed by atoms with Crippen LogP contribution in [0.3, 0.4) is 0 Å². The van der Waals surface area contributed by atoms with Gasteiger partial charge in [-0.15, -0.1) is 0 Å². The third-order valence-electron chi connectivity index (χ3n) is 2.84. The van der Waals surface area contributed by atoms with Crippen LogP contribution in [0.15, 0.2) is 24.3 Å². The molecule has 0 aliphatic carbocycles. The molecule has 1 aromatic rings. The molecule has 1 heterocycles. The topological polar surface area (TPSA) is 41.1 Å². The lowest BCUT2D eigenvalue weighted by molar-refractivity contribution is -0.124. The van der Waals surface area contributed by atoms with Gasteiger partial charge < -0.3 is 10.6 Å². The van der Waals surface area contributed by atoms with Gasteiger partial charge in [-0.05, 0) is 19.0 Å². The van der Waals surface area contributed by atoms with Gasteiger partial charge >= 0.3 is 0 Å². The minimum Gasteiger partial charge on any atom is -0.352 e. The lowest BCUT2D eigenvalue weighted by Crippen LogP contribution is -2.31. The van der Waals surface area contributed by atoms with Gasteiger partial charge in [0.1, 0.15) is 5.82 Å². The van der Waals surface area contributed by atoms with Crippen LogP contribution in [-0.4, -0.2) is 19.0 Å². The van der Waals surface area contributed by atoms with E-state index in [0.29, 0.717) is 5.56 Å². The number of nitrogens with one attached hydrogen (secondary N) is 2. The molecule has 0 spiro atoms. The van der Waals surface area contributed by atoms with E-state index in [4.69, 9.17) is 0 Å². The van der Waals surface area contributed by atoms with E-state index >= 15 is 0 Å². The van der Waals surface area contributed by atoms with Gasteiger partial charge in [-0.1, -0.05) is 18.2 Å². The molecule has 0 bridgehead atoms. The highest BCUT2D eigenvalue weighted by Gasteiger charge is 2.21. The fraction of sp³-hybridized carbons (Fsp3) is 0.417. The average molecular weight is 222 g/mol. The Morgan fingerprint density at radius 3 is 3.00 bits per heavy atom. The number of carbonyl (C=O) groups excluding carboxylic acids is 1. The Bertz CT molecular complexity index is 375. The monoisotopic (exact) mass is 222 g/mol. The normalized spacial score (nSPS) is 19.7. The van der Waals surface area contributed by atoms with Crippen LogP contribution in [0.4, 0.5) is 4.39 Å². The molecular weight excluding hydrogens is 207 g/mol. The van der Waals surface area contributed by atoms with Gasteiger partial charge in [0.15, 0.2) is 0 Å². The molecule has 4 heteroatoms. The number of amides is 1. The molecule has 0 radical (unpaired) electrons. The van der Waals surface area contributed by atoms with Gasteiger partial charge in [-0.25, -0.2) is 4.39 Å². The van der Waals surface area contributed by atoms with Gasteiger partial charge in [0.2, 0.25) is 5.91 Å². The summed E-state index contributed by atoms with van der Waals surface area (Å²) in [6.45, 7) is 1.88. The number of halogens is 1. The summed E-state index contributed by atoms with van der Waals surface area (Å²) in [5.41, 5.74) is 0.529. The molecule has 1 aliphatic rings. The highest BCUT2D eigenvalue weighted by Crippen LogP contribution is 2.09. The van der Waals surface area contributed by atoms with Crippen molar-refractivity contribution in [2.24, 2.45) is 5.92 Å². The van der Waals surface area contributed by atoms with Crippen LogP contribution in [-0.2, 0) is 11.3 Å². The first kappa shape index (κ1) is 11.1. The molecule has 0 aromatic heterocycles. The van der Waals surface area contributed by atoms with Crippen LogP contribution in [0.5, 0.6) is 0 Å². The number of carbonyl (C=O) groups is 1. The Morgan fingerprint density at radius 1 is 1.50 bits per heavy atom. The minimum absolute atomic E-state index is 0.00764. The molecular formula is C12H15FN2O. The van der Waals surface area contributed by atoms with Crippen molar-refractivity contribution < 1.29 is 9.18 Å². The van der Waals surface area contributed by atoms with Gasteiger partial charge in [0.25, 0.3) is 0 Å². The van der Waals surface area contributed by atoms with Crippen LogP contribution < -0.4 is 10.6 Å². The zero-order valence-electron chi connectivity index (χ0n) is 9.00. The van der Waals surface area contributed by atoms with Crippen LogP contribution in [0.2, 0.25) is 0 Å². The zero-order valence-corrected chi connectivity index (χ0v) is 9.00. The maximum Gasteiger partial charge on any atom is 0.224 e. The molecule has 3 nitrogen and oxygen atoms in total. The van der Waals surface area contributed by atoms with Crippen molar-refractivity contribution in [3.63, 3.8) is 0 Å². The summed E-state index contributed by atoms with van der Waals surface area (Å²) in [5, 5.41) is 5.89. The summed E-state index contributed by atoms with van der Waals surface area (Å²) >= 11 is 0. The van der Waals surface area contributed by atoms with Crippen LogP contribution in [0.25, 0.3) is 0 Å². The fourth-order valence-corrected chi connectivity index (χ4v) is 1.85. The Balaban J connectivity index is 1.87. The van der Waals surface area contributed by atoms with E-state index in [9.17, 15) is 9.18 Å². The summed E-state index contributed by atoms with van der Waals surface area (Å²) in [5.74, 6) is -0.229. The number of rotatable bonds is 3. The lowest BCUT2D eigenvalue weighted by atomic mass is 10.1. The van der Waals surface area contributed by atoms with E-state index in [2.05, 4.69) is 10.6 Å². The predicted octanol–water partition coefficient (Wildman–Crippen LogP) is 1.05. The lowest BCUT2D eigenvalue weighted by Gasteiger charge is -2.10. The first-order chi connectivity index (χ1) is 7.77. The second-order valence-corrected chi connectivity index (χ2v) is 4.00. The Labute approximate surface area is 94.0 Å². The Kier molecular flexibility index (Phi) is 3.51. The van der Waals surface area contributed by atoms with E-state index in [1.807, 2.05) is 0 Å². The van der Waals surface area contributed by atoms with Crippen molar-refractivity contribution in [2.45, 2.75) is 13.0 Å². The first-order valence-electron chi connectivity index (χ1n) is 5.49. The largest absolute Gasteiger partial charge is 0.352 e. The number of benzene rings is 1. The maximum absolute atomic E-state index is 13.3. The van der Waals surface area contributed by atoms with E-state index in [1.165, 1.54) is 6.07 Å². The molecule has 1 unspecified atom stereocenters. The SMILES string of the molecule is O=C(NCc1ccccc1F)C1CCNC1. The molecule has 1 saturated heterocycles. The standard InChI is InChI=1S/C12H15FN2O/c13-11-4-2-1-3-9(11)8-15-12(16)10-5-6-14-7-10/h1-4,10,14H,5-8H2,(H,15,16). The van der Waals surface area contributed by atoms with E-state index < -0.39 is 0 Å². The molecule has 1 atom stereocenters. The van der Waals surface area contributed by atoms with Gasteiger partial charge in [0.05, 0.1) is 5.92 Å². The minimum atomic E-state index is -0.271. The highest BCUT2D eigenvalue weighted by atomic mass is 19.1. The van der Waals surface area contributed by atoms with Crippen molar-refractivity contribution in [1.29, 1.82) is 0 Å². The first-order valence-corrected chi connectivity index (χ1v) is 5.49. The quantitative estimate of drug-likeness (QED) is 0.802. The Hall–Kier alpha value is -1.42. The van der Waals surface area contributed by atoms with Gasteiger partial charge in [0, 0.05) is 18.7 Å². The fourth-order valence-electron chi connectivity index (χ4n) is 1.85. The number of hydrogen-bond acceptors (Lipinski definition) is 2. The van der Waals surface area contributed by atoms with Crippen molar-refractivity contribution in [3.8, 4) is 0 Å². The second kappa shape index (κ2) is 5.07. The second-order valence-electron chi connectivity index (χ2n) is 4.00. The van der Waals surface area contributed by atoms with Gasteiger partial charge in [-0.3, -0.25) is 4.79 Å². The molecule has 86 valence electrons. The molecule has 1 aliphatic heterocycles. The molecule has 2 N–H and O–H groups in total. The highest BCUT2D eigenvalue weighted by molar-refractivity contribution is 5.79. The summed E-state index contributed by atoms with van der Waals surface area (Å²) < 4.78 is 13.3. The van der Waals surface area contributed by atoms with Crippen LogP contribution >= 0.6 is 0 Å². The molecule has 2 rings (SSSR count). The third kappa shape index (κ3) is 2.58. The van der Waals surface area contributed by atoms with E-state index in [-0.39, 0.29) is 24.2 Å². The smallest absolute Gasteiger partial charge is 0.224 e. The third-order valence-corrected chi connectivity index (χ3v) is 2.84. The molecule has 0 saturated carbocycles. The predicted molar refractivity (Wildman–Crippen MR) is 59.2 cm³/mol. The van der Waals surface area contributed by atoms with E-state index in [1.54, 1.807) is 18.2 Å². The Morgan fingerprint density at radius 2 is 2.31 bits per heavy atom. The number of hydrogen-bond donors (Lipinski definition) is 2. The van der Waals surface area contributed by atoms with Crippen molar-refractivity contribution in [3.05, 3.63) is 35.6 Å². The molecule has 1 amide bonds. The molecule has 1 fully saturated rings. The maximum atomic E-state index is 13.3. The average Bonchev–Trinajstić information content (AvgIpc) is 2.81. The summed E-state index contributed by atoms with van der Waals surface area (Å²) in [7, 11) is 0. The van der Waals surface area contributed by atoms with Crippen molar-refractivity contribution in [2.75, 3.05) is 13.1 Å². The van der Waals surface area contributed by atoms with Gasteiger partial charge in [-0.2, -0.15) is 0 Å².